The van der Waals surface area contributed by atoms with Crippen LogP contribution in [0.5, 0.6) is 0 Å². The molecule has 0 fully saturated rings. The molecule has 1 aromatic carbocycles. The van der Waals surface area contributed by atoms with Crippen molar-refractivity contribution < 1.29 is 4.39 Å². The minimum absolute atomic E-state index is 0.311. The molecule has 0 aliphatic heterocycles. The average Bonchev–Trinajstić information content (AvgIpc) is 2.89. The predicted molar refractivity (Wildman–Crippen MR) is 69.3 cm³/mol. The maximum absolute atomic E-state index is 13.9. The highest BCUT2D eigenvalue weighted by Gasteiger charge is 2.06. The van der Waals surface area contributed by atoms with E-state index in [9.17, 15) is 4.39 Å². The minimum Gasteiger partial charge on any atom is -0.385 e. The highest BCUT2D eigenvalue weighted by atomic mass is 19.1. The lowest BCUT2D eigenvalue weighted by Crippen LogP contribution is -2.10. The molecule has 0 bridgehead atoms. The number of hydrogen-bond acceptors (Lipinski definition) is 3. The number of nitrogens with one attached hydrogen (secondary N) is 1. The van der Waals surface area contributed by atoms with E-state index < -0.39 is 0 Å². The van der Waals surface area contributed by atoms with Gasteiger partial charge < -0.3 is 5.32 Å². The summed E-state index contributed by atoms with van der Waals surface area (Å²) in [4.78, 5) is 3.80. The van der Waals surface area contributed by atoms with Crippen LogP contribution in [0.15, 0.2) is 30.9 Å². The van der Waals surface area contributed by atoms with Crippen LogP contribution < -0.4 is 5.32 Å². The number of aromatic nitrogens is 3. The van der Waals surface area contributed by atoms with E-state index in [0.717, 1.165) is 18.7 Å². The second-order valence-corrected chi connectivity index (χ2v) is 4.40. The van der Waals surface area contributed by atoms with Crippen molar-refractivity contribution in [2.24, 2.45) is 5.92 Å². The van der Waals surface area contributed by atoms with Crippen LogP contribution in [0.1, 0.15) is 20.3 Å². The number of nitrogens with zero attached hydrogens (tertiary/aromatic N) is 3. The Hall–Kier alpha value is -1.91. The van der Waals surface area contributed by atoms with Gasteiger partial charge in [0.2, 0.25) is 0 Å². The van der Waals surface area contributed by atoms with E-state index in [1.54, 1.807) is 6.07 Å². The van der Waals surface area contributed by atoms with Gasteiger partial charge in [-0.3, -0.25) is 0 Å². The third-order valence-electron chi connectivity index (χ3n) is 2.96. The van der Waals surface area contributed by atoms with E-state index in [1.165, 1.54) is 23.4 Å². The van der Waals surface area contributed by atoms with Crippen LogP contribution >= 0.6 is 0 Å². The lowest BCUT2D eigenvalue weighted by Gasteiger charge is -2.12. The van der Waals surface area contributed by atoms with Crippen molar-refractivity contribution in [1.29, 1.82) is 0 Å². The summed E-state index contributed by atoms with van der Waals surface area (Å²) in [5, 5.41) is 7.13. The molecular formula is C13H17FN4. The molecule has 4 nitrogen and oxygen atoms in total. The Bertz CT molecular complexity index is 496. The van der Waals surface area contributed by atoms with Crippen molar-refractivity contribution in [2.75, 3.05) is 11.9 Å². The van der Waals surface area contributed by atoms with Gasteiger partial charge in [0, 0.05) is 12.2 Å². The van der Waals surface area contributed by atoms with Crippen molar-refractivity contribution >= 4 is 5.69 Å². The molecule has 0 saturated heterocycles. The van der Waals surface area contributed by atoms with Crippen molar-refractivity contribution in [1.82, 2.24) is 14.8 Å². The summed E-state index contributed by atoms with van der Waals surface area (Å²) < 4.78 is 15.3. The van der Waals surface area contributed by atoms with Gasteiger partial charge in [0.05, 0.1) is 0 Å². The summed E-state index contributed by atoms with van der Waals surface area (Å²) in [7, 11) is 0. The fourth-order valence-corrected chi connectivity index (χ4v) is 1.57. The quantitative estimate of drug-likeness (QED) is 0.884. The molecule has 96 valence electrons. The van der Waals surface area contributed by atoms with Crippen LogP contribution in [0.2, 0.25) is 0 Å². The molecule has 2 rings (SSSR count). The van der Waals surface area contributed by atoms with Gasteiger partial charge in [0.1, 0.15) is 18.3 Å². The van der Waals surface area contributed by atoms with Crippen LogP contribution in [-0.2, 0) is 0 Å². The molecule has 1 heterocycles. The molecule has 5 heteroatoms. The Morgan fingerprint density at radius 2 is 2.28 bits per heavy atom. The average molecular weight is 248 g/mol. The standard InChI is InChI=1S/C13H17FN4/c1-3-10(2)7-16-11-4-5-13(12(14)6-11)18-9-15-8-17-18/h4-6,8-10,16H,3,7H2,1-2H3. The van der Waals surface area contributed by atoms with Crippen LogP contribution in [0.25, 0.3) is 5.69 Å². The molecule has 0 amide bonds. The van der Waals surface area contributed by atoms with E-state index >= 15 is 0 Å². The Balaban J connectivity index is 2.10. The summed E-state index contributed by atoms with van der Waals surface area (Å²) in [6, 6.07) is 5.03. The summed E-state index contributed by atoms with van der Waals surface area (Å²) in [5.74, 6) is 0.262. The number of benzene rings is 1. The van der Waals surface area contributed by atoms with E-state index in [0.29, 0.717) is 11.6 Å². The SMILES string of the molecule is CCC(C)CNc1ccc(-n2cncn2)c(F)c1. The maximum atomic E-state index is 13.9. The molecule has 0 saturated carbocycles. The first kappa shape index (κ1) is 12.5. The van der Waals surface area contributed by atoms with E-state index in [4.69, 9.17) is 0 Å². The summed E-state index contributed by atoms with van der Waals surface area (Å²) >= 11 is 0. The molecule has 0 aliphatic carbocycles. The highest BCUT2D eigenvalue weighted by Crippen LogP contribution is 2.17. The van der Waals surface area contributed by atoms with Crippen LogP contribution in [0, 0.1) is 11.7 Å². The number of rotatable bonds is 5. The number of hydrogen-bond donors (Lipinski definition) is 1. The molecule has 2 aromatic rings. The smallest absolute Gasteiger partial charge is 0.150 e. The largest absolute Gasteiger partial charge is 0.385 e. The zero-order chi connectivity index (χ0) is 13.0. The van der Waals surface area contributed by atoms with E-state index in [1.807, 2.05) is 6.07 Å². The molecule has 1 atom stereocenters. The van der Waals surface area contributed by atoms with Crippen molar-refractivity contribution in [3.63, 3.8) is 0 Å². The first-order chi connectivity index (χ1) is 8.70. The lowest BCUT2D eigenvalue weighted by molar-refractivity contribution is 0.591. The van der Waals surface area contributed by atoms with Gasteiger partial charge in [-0.05, 0) is 24.1 Å². The minimum atomic E-state index is -0.311. The summed E-state index contributed by atoms with van der Waals surface area (Å²) in [6.45, 7) is 5.15. The molecule has 18 heavy (non-hydrogen) atoms. The molecule has 0 aliphatic rings. The maximum Gasteiger partial charge on any atom is 0.150 e. The van der Waals surface area contributed by atoms with Crippen LogP contribution in [0.4, 0.5) is 10.1 Å². The van der Waals surface area contributed by atoms with Crippen molar-refractivity contribution in [3.8, 4) is 5.69 Å². The molecule has 1 aromatic heterocycles. The Labute approximate surface area is 106 Å². The Kier molecular flexibility index (Phi) is 3.92. The van der Waals surface area contributed by atoms with Gasteiger partial charge in [-0.2, -0.15) is 5.10 Å². The molecule has 0 spiro atoms. The summed E-state index contributed by atoms with van der Waals surface area (Å²) in [6.07, 6.45) is 3.96. The Morgan fingerprint density at radius 3 is 2.89 bits per heavy atom. The predicted octanol–water partition coefficient (Wildman–Crippen LogP) is 2.86. The van der Waals surface area contributed by atoms with Gasteiger partial charge in [0.25, 0.3) is 0 Å². The second-order valence-electron chi connectivity index (χ2n) is 4.40. The first-order valence-electron chi connectivity index (χ1n) is 6.09. The van der Waals surface area contributed by atoms with E-state index in [2.05, 4.69) is 29.2 Å². The molecule has 1 N–H and O–H groups in total. The van der Waals surface area contributed by atoms with E-state index in [-0.39, 0.29) is 5.82 Å². The zero-order valence-electron chi connectivity index (χ0n) is 10.6. The summed E-state index contributed by atoms with van der Waals surface area (Å²) in [5.41, 5.74) is 1.19. The van der Waals surface area contributed by atoms with Gasteiger partial charge in [-0.25, -0.2) is 14.1 Å². The lowest BCUT2D eigenvalue weighted by atomic mass is 10.1. The van der Waals surface area contributed by atoms with Gasteiger partial charge in [-0.15, -0.1) is 0 Å². The number of halogens is 1. The van der Waals surface area contributed by atoms with Crippen molar-refractivity contribution in [2.45, 2.75) is 20.3 Å². The second kappa shape index (κ2) is 5.62. The Morgan fingerprint density at radius 1 is 1.44 bits per heavy atom. The van der Waals surface area contributed by atoms with Gasteiger partial charge in [-0.1, -0.05) is 20.3 Å². The van der Waals surface area contributed by atoms with Crippen LogP contribution in [0.3, 0.4) is 0 Å². The highest BCUT2D eigenvalue weighted by molar-refractivity contribution is 5.49. The van der Waals surface area contributed by atoms with Crippen molar-refractivity contribution in [3.05, 3.63) is 36.7 Å². The number of anilines is 1. The molecule has 1 unspecified atom stereocenters. The first-order valence-corrected chi connectivity index (χ1v) is 6.09. The zero-order valence-corrected chi connectivity index (χ0v) is 10.6. The third-order valence-corrected chi connectivity index (χ3v) is 2.96. The normalized spacial score (nSPS) is 12.4. The monoisotopic (exact) mass is 248 g/mol. The molecule has 0 radical (unpaired) electrons. The fraction of sp³-hybridized carbons (Fsp3) is 0.385. The van der Waals surface area contributed by atoms with Gasteiger partial charge >= 0.3 is 0 Å². The topological polar surface area (TPSA) is 42.7 Å². The third kappa shape index (κ3) is 2.85. The molecular weight excluding hydrogens is 231 g/mol. The van der Waals surface area contributed by atoms with Gasteiger partial charge in [0.15, 0.2) is 5.82 Å². The fourth-order valence-electron chi connectivity index (χ4n) is 1.57. The van der Waals surface area contributed by atoms with Crippen LogP contribution in [-0.4, -0.2) is 21.3 Å².